The van der Waals surface area contributed by atoms with E-state index in [4.69, 9.17) is 34.8 Å². The van der Waals surface area contributed by atoms with Crippen molar-refractivity contribution in [3.8, 4) is 0 Å². The van der Waals surface area contributed by atoms with Crippen molar-refractivity contribution in [2.45, 2.75) is 0 Å². The number of urea groups is 1. The van der Waals surface area contributed by atoms with Gasteiger partial charge < -0.3 is 0 Å². The van der Waals surface area contributed by atoms with Crippen LogP contribution < -0.4 is 5.32 Å². The van der Waals surface area contributed by atoms with E-state index in [9.17, 15) is 14.4 Å². The molecule has 6 nitrogen and oxygen atoms in total. The van der Waals surface area contributed by atoms with E-state index in [0.29, 0.717) is 0 Å². The molecule has 0 aliphatic heterocycles. The quantitative estimate of drug-likeness (QED) is 0.488. The van der Waals surface area contributed by atoms with Crippen LogP contribution in [-0.2, 0) is 4.79 Å². The standard InChI is InChI=1S/C8H2Cl3N3O3/c9-4-1-3(5(10)13-6(4)11)7(16)14-8(17)12-2-15/h1H,(H,14,16,17). The normalized spacial score (nSPS) is 9.35. The fourth-order valence-corrected chi connectivity index (χ4v) is 1.40. The van der Waals surface area contributed by atoms with Crippen LogP contribution in [0.3, 0.4) is 0 Å². The Morgan fingerprint density at radius 1 is 1.29 bits per heavy atom. The third-order valence-corrected chi connectivity index (χ3v) is 2.46. The molecule has 1 N–H and O–H groups in total. The van der Waals surface area contributed by atoms with Crippen LogP contribution in [0.4, 0.5) is 4.79 Å². The molecular weight excluding hydrogens is 292 g/mol. The average molecular weight is 294 g/mol. The Kier molecular flexibility index (Phi) is 4.60. The summed E-state index contributed by atoms with van der Waals surface area (Å²) in [5.41, 5.74) is -0.171. The van der Waals surface area contributed by atoms with Crippen molar-refractivity contribution < 1.29 is 14.4 Å². The van der Waals surface area contributed by atoms with Crippen LogP contribution in [-0.4, -0.2) is 23.0 Å². The number of carbonyl (C=O) groups excluding carboxylic acids is 3. The highest BCUT2D eigenvalue weighted by Gasteiger charge is 2.16. The van der Waals surface area contributed by atoms with Gasteiger partial charge in [0.25, 0.3) is 5.91 Å². The summed E-state index contributed by atoms with van der Waals surface area (Å²) in [4.78, 5) is 38.3. The molecule has 17 heavy (non-hydrogen) atoms. The second kappa shape index (κ2) is 5.75. The number of nitrogens with one attached hydrogen (secondary N) is 1. The molecule has 1 aromatic rings. The summed E-state index contributed by atoms with van der Waals surface area (Å²) in [7, 11) is 0. The Morgan fingerprint density at radius 3 is 2.53 bits per heavy atom. The molecule has 0 aliphatic carbocycles. The van der Waals surface area contributed by atoms with Gasteiger partial charge in [-0.05, 0) is 6.07 Å². The lowest BCUT2D eigenvalue weighted by Crippen LogP contribution is -2.28. The third-order valence-electron chi connectivity index (χ3n) is 1.50. The fourth-order valence-electron chi connectivity index (χ4n) is 0.839. The summed E-state index contributed by atoms with van der Waals surface area (Å²) >= 11 is 16.8. The number of hydrogen-bond acceptors (Lipinski definition) is 4. The predicted molar refractivity (Wildman–Crippen MR) is 60.3 cm³/mol. The third kappa shape index (κ3) is 3.51. The Balaban J connectivity index is 3.01. The molecule has 0 saturated carbocycles. The van der Waals surface area contributed by atoms with Crippen molar-refractivity contribution in [2.75, 3.05) is 0 Å². The molecule has 1 aromatic heterocycles. The van der Waals surface area contributed by atoms with E-state index in [-0.39, 0.29) is 20.9 Å². The van der Waals surface area contributed by atoms with Gasteiger partial charge in [-0.3, -0.25) is 10.1 Å². The second-order valence-corrected chi connectivity index (χ2v) is 3.68. The minimum Gasteiger partial charge on any atom is -0.271 e. The first kappa shape index (κ1) is 13.6. The van der Waals surface area contributed by atoms with E-state index in [0.717, 1.165) is 12.1 Å². The van der Waals surface area contributed by atoms with Crippen LogP contribution in [0.15, 0.2) is 11.1 Å². The van der Waals surface area contributed by atoms with Gasteiger partial charge in [0.05, 0.1) is 10.6 Å². The van der Waals surface area contributed by atoms with E-state index in [1.54, 1.807) is 5.32 Å². The monoisotopic (exact) mass is 293 g/mol. The molecule has 0 unspecified atom stereocenters. The number of amides is 3. The van der Waals surface area contributed by atoms with E-state index >= 15 is 0 Å². The van der Waals surface area contributed by atoms with Crippen LogP contribution in [0.25, 0.3) is 0 Å². The summed E-state index contributed by atoms with van der Waals surface area (Å²) < 4.78 is 0. The predicted octanol–water partition coefficient (Wildman–Crippen LogP) is 2.23. The van der Waals surface area contributed by atoms with Gasteiger partial charge in [0.15, 0.2) is 0 Å². The molecule has 3 amide bonds. The highest BCUT2D eigenvalue weighted by Crippen LogP contribution is 2.25. The number of imide groups is 1. The number of nitrogens with zero attached hydrogens (tertiary/aromatic N) is 2. The number of carbonyl (C=O) groups is 2. The molecular formula is C8H2Cl3N3O3. The molecule has 0 spiro atoms. The summed E-state index contributed by atoms with van der Waals surface area (Å²) in [5, 5.41) is 1.43. The molecule has 9 heteroatoms. The topological polar surface area (TPSA) is 88.5 Å². The first-order valence-electron chi connectivity index (χ1n) is 3.90. The maximum Gasteiger partial charge on any atom is 0.358 e. The fraction of sp³-hybridized carbons (Fsp3) is 0. The van der Waals surface area contributed by atoms with Crippen molar-refractivity contribution in [3.63, 3.8) is 0 Å². The zero-order valence-electron chi connectivity index (χ0n) is 7.83. The minimum absolute atomic E-state index is 0.00689. The number of aliphatic imine (C=N–C) groups is 1. The van der Waals surface area contributed by atoms with Gasteiger partial charge >= 0.3 is 6.03 Å². The van der Waals surface area contributed by atoms with E-state index in [2.05, 4.69) is 9.98 Å². The first-order chi connectivity index (χ1) is 7.95. The van der Waals surface area contributed by atoms with Crippen LogP contribution in [0.1, 0.15) is 10.4 Å². The number of isocyanates is 1. The second-order valence-electron chi connectivity index (χ2n) is 2.56. The molecule has 0 saturated heterocycles. The molecule has 88 valence electrons. The lowest BCUT2D eigenvalue weighted by Gasteiger charge is -2.03. The molecule has 0 aliphatic rings. The van der Waals surface area contributed by atoms with Gasteiger partial charge in [0, 0.05) is 0 Å². The van der Waals surface area contributed by atoms with Crippen molar-refractivity contribution >= 4 is 52.8 Å². The molecule has 0 bridgehead atoms. The first-order valence-corrected chi connectivity index (χ1v) is 5.03. The van der Waals surface area contributed by atoms with Gasteiger partial charge in [0.1, 0.15) is 10.3 Å². The van der Waals surface area contributed by atoms with Gasteiger partial charge in [0.2, 0.25) is 6.08 Å². The molecule has 0 radical (unpaired) electrons. The summed E-state index contributed by atoms with van der Waals surface area (Å²) in [6, 6.07) is -0.0425. The van der Waals surface area contributed by atoms with Gasteiger partial charge in [-0.1, -0.05) is 34.8 Å². The summed E-state index contributed by atoms with van der Waals surface area (Å²) in [6.07, 6.45) is 0.974. The number of pyridine rings is 1. The number of rotatable bonds is 1. The zero-order valence-corrected chi connectivity index (χ0v) is 10.1. The van der Waals surface area contributed by atoms with E-state index < -0.39 is 11.9 Å². The van der Waals surface area contributed by atoms with Crippen LogP contribution >= 0.6 is 34.8 Å². The van der Waals surface area contributed by atoms with Gasteiger partial charge in [-0.2, -0.15) is 0 Å². The largest absolute Gasteiger partial charge is 0.358 e. The van der Waals surface area contributed by atoms with Crippen LogP contribution in [0, 0.1) is 0 Å². The van der Waals surface area contributed by atoms with Crippen molar-refractivity contribution in [1.29, 1.82) is 0 Å². The Labute approximate surface area is 110 Å². The maximum atomic E-state index is 11.5. The highest BCUT2D eigenvalue weighted by molar-refractivity contribution is 6.42. The van der Waals surface area contributed by atoms with Crippen LogP contribution in [0.2, 0.25) is 15.3 Å². The minimum atomic E-state index is -1.17. The van der Waals surface area contributed by atoms with Gasteiger partial charge in [-0.15, -0.1) is 4.99 Å². The highest BCUT2D eigenvalue weighted by atomic mass is 35.5. The molecule has 1 rings (SSSR count). The van der Waals surface area contributed by atoms with Gasteiger partial charge in [-0.25, -0.2) is 14.6 Å². The molecule has 0 aromatic carbocycles. The Hall–Kier alpha value is -1.46. The molecule has 0 fully saturated rings. The zero-order chi connectivity index (χ0) is 13.0. The van der Waals surface area contributed by atoms with Crippen molar-refractivity contribution in [3.05, 3.63) is 27.0 Å². The number of aromatic nitrogens is 1. The average Bonchev–Trinajstić information content (AvgIpc) is 2.23. The smallest absolute Gasteiger partial charge is 0.271 e. The SMILES string of the molecule is O=C=NC(=O)NC(=O)c1cc(Cl)c(Cl)nc1Cl. The van der Waals surface area contributed by atoms with Crippen LogP contribution in [0.5, 0.6) is 0 Å². The van der Waals surface area contributed by atoms with Crippen molar-refractivity contribution in [2.24, 2.45) is 4.99 Å². The molecule has 1 heterocycles. The number of hydrogen-bond donors (Lipinski definition) is 1. The Bertz CT molecular complexity index is 540. The van der Waals surface area contributed by atoms with Crippen molar-refractivity contribution in [1.82, 2.24) is 10.3 Å². The summed E-state index contributed by atoms with van der Waals surface area (Å²) in [6.45, 7) is 0. The Morgan fingerprint density at radius 2 is 1.94 bits per heavy atom. The molecule has 0 atom stereocenters. The number of halogens is 3. The van der Waals surface area contributed by atoms with E-state index in [1.807, 2.05) is 0 Å². The lowest BCUT2D eigenvalue weighted by molar-refractivity contribution is 0.0966. The maximum absolute atomic E-state index is 11.5. The van der Waals surface area contributed by atoms with E-state index in [1.165, 1.54) is 0 Å². The lowest BCUT2D eigenvalue weighted by atomic mass is 10.3. The summed E-state index contributed by atoms with van der Waals surface area (Å²) in [5.74, 6) is -0.912.